The maximum absolute atomic E-state index is 2.59. The van der Waals surface area contributed by atoms with Gasteiger partial charge in [0.25, 0.3) is 0 Å². The minimum Gasteiger partial charge on any atom is -0.0623 e. The zero-order valence-corrected chi connectivity index (χ0v) is 29.0. The van der Waals surface area contributed by atoms with E-state index in [1.165, 1.54) is 97.9 Å². The second kappa shape index (κ2) is 10.9. The van der Waals surface area contributed by atoms with Crippen LogP contribution in [0.2, 0.25) is 0 Å². The van der Waals surface area contributed by atoms with Crippen molar-refractivity contribution < 1.29 is 0 Å². The minimum atomic E-state index is -2.55. The van der Waals surface area contributed by atoms with Crippen LogP contribution in [-0.4, -0.2) is 8.07 Å². The fraction of sp³-hybridized carbons (Fsp3) is 0. The maximum atomic E-state index is 2.59. The molecule has 1 spiro atoms. The SMILES string of the molecule is c1ccc(-c2cccc(-c3c4ccccc4c(-c4ccc5c(c4)[Si]4(c6ccccc6-c6ccccc64)c4ccccc4-5)c4ccccc34)c2)cc1. The van der Waals surface area contributed by atoms with Gasteiger partial charge in [0.15, 0.2) is 8.07 Å². The molecule has 0 unspecified atom stereocenters. The van der Waals surface area contributed by atoms with E-state index >= 15 is 0 Å². The van der Waals surface area contributed by atoms with Crippen molar-refractivity contribution in [1.82, 2.24) is 0 Å². The Bertz CT molecular complexity index is 2740. The van der Waals surface area contributed by atoms with Gasteiger partial charge in [-0.1, -0.05) is 188 Å². The number of benzene rings is 9. The van der Waals surface area contributed by atoms with Crippen LogP contribution < -0.4 is 20.7 Å². The van der Waals surface area contributed by atoms with E-state index in [0.29, 0.717) is 0 Å². The molecular weight excluding hydrogens is 629 g/mol. The summed E-state index contributed by atoms with van der Waals surface area (Å²) in [6.45, 7) is 0. The van der Waals surface area contributed by atoms with Gasteiger partial charge in [0.2, 0.25) is 0 Å². The largest absolute Gasteiger partial charge is 0.182 e. The molecular formula is C50H32Si. The summed E-state index contributed by atoms with van der Waals surface area (Å²) >= 11 is 0. The summed E-state index contributed by atoms with van der Waals surface area (Å²) in [5.41, 5.74) is 13.2. The molecule has 0 radical (unpaired) electrons. The van der Waals surface area contributed by atoms with Gasteiger partial charge in [-0.25, -0.2) is 0 Å². The first-order chi connectivity index (χ1) is 25.3. The van der Waals surface area contributed by atoms with Crippen LogP contribution in [0.1, 0.15) is 0 Å². The van der Waals surface area contributed by atoms with Crippen molar-refractivity contribution in [1.29, 1.82) is 0 Å². The average molecular weight is 661 g/mol. The van der Waals surface area contributed by atoms with E-state index in [1.54, 1.807) is 0 Å². The first kappa shape index (κ1) is 28.5. The molecule has 0 bridgehead atoms. The molecule has 0 amide bonds. The lowest BCUT2D eigenvalue weighted by Gasteiger charge is -2.28. The molecule has 0 fully saturated rings. The van der Waals surface area contributed by atoms with E-state index in [9.17, 15) is 0 Å². The lowest BCUT2D eigenvalue weighted by Crippen LogP contribution is -2.70. The fourth-order valence-electron chi connectivity index (χ4n) is 9.49. The van der Waals surface area contributed by atoms with Crippen LogP contribution >= 0.6 is 0 Å². The number of hydrogen-bond donors (Lipinski definition) is 0. The van der Waals surface area contributed by atoms with Crippen molar-refractivity contribution in [3.8, 4) is 55.6 Å². The van der Waals surface area contributed by atoms with E-state index in [1.807, 2.05) is 0 Å². The molecule has 0 nitrogen and oxygen atoms in total. The quantitative estimate of drug-likeness (QED) is 0.131. The van der Waals surface area contributed by atoms with E-state index < -0.39 is 8.07 Å². The van der Waals surface area contributed by atoms with Crippen molar-refractivity contribution in [2.45, 2.75) is 0 Å². The third-order valence-electron chi connectivity index (χ3n) is 11.5. The highest BCUT2D eigenvalue weighted by atomic mass is 28.3. The number of hydrogen-bond acceptors (Lipinski definition) is 0. The van der Waals surface area contributed by atoms with Crippen LogP contribution in [0, 0.1) is 0 Å². The average Bonchev–Trinajstić information content (AvgIpc) is 3.67. The molecule has 0 saturated heterocycles. The van der Waals surface area contributed by atoms with Gasteiger partial charge in [-0.15, -0.1) is 0 Å². The molecule has 2 aliphatic heterocycles. The molecule has 9 aromatic carbocycles. The lowest BCUT2D eigenvalue weighted by atomic mass is 9.85. The fourth-order valence-corrected chi connectivity index (χ4v) is 15.1. The van der Waals surface area contributed by atoms with Crippen molar-refractivity contribution in [3.05, 3.63) is 194 Å². The van der Waals surface area contributed by atoms with Crippen molar-refractivity contribution >= 4 is 50.4 Å². The Labute approximate surface area is 299 Å². The summed E-state index contributed by atoms with van der Waals surface area (Å²) in [7, 11) is -2.55. The Morgan fingerprint density at radius 1 is 0.235 bits per heavy atom. The molecule has 9 aromatic rings. The molecule has 11 rings (SSSR count). The second-order valence-corrected chi connectivity index (χ2v) is 17.6. The van der Waals surface area contributed by atoms with Gasteiger partial charge in [0.05, 0.1) is 0 Å². The third kappa shape index (κ3) is 3.90. The lowest BCUT2D eigenvalue weighted by molar-refractivity contribution is 1.61. The van der Waals surface area contributed by atoms with Crippen LogP contribution in [0.15, 0.2) is 194 Å². The molecule has 0 N–H and O–H groups in total. The van der Waals surface area contributed by atoms with Crippen molar-refractivity contribution in [3.63, 3.8) is 0 Å². The van der Waals surface area contributed by atoms with Gasteiger partial charge in [0.1, 0.15) is 0 Å². The topological polar surface area (TPSA) is 0 Å². The normalized spacial score (nSPS) is 13.3. The highest BCUT2D eigenvalue weighted by Crippen LogP contribution is 2.45. The summed E-state index contributed by atoms with van der Waals surface area (Å²) in [4.78, 5) is 0. The van der Waals surface area contributed by atoms with Gasteiger partial charge >= 0.3 is 0 Å². The summed E-state index contributed by atoms with van der Waals surface area (Å²) < 4.78 is 0. The van der Waals surface area contributed by atoms with E-state index in [-0.39, 0.29) is 0 Å². The standard InChI is InChI=1S/C50H32Si/c1-2-15-33(16-3-1)34-17-14-18-35(31-34)49-41-22-4-6-24-43(41)50(44-25-7-5-23-42(44)49)36-29-30-40-39-21-10-13-28-47(39)51(48(40)32-36)45-26-11-8-19-37(45)38-20-9-12-27-46(38)51/h1-32H. The summed E-state index contributed by atoms with van der Waals surface area (Å²) in [6.07, 6.45) is 0. The monoisotopic (exact) mass is 660 g/mol. The summed E-state index contributed by atoms with van der Waals surface area (Å²) in [5.74, 6) is 0. The molecule has 2 aliphatic rings. The number of rotatable bonds is 3. The molecule has 0 aliphatic carbocycles. The van der Waals surface area contributed by atoms with Crippen LogP contribution in [0.5, 0.6) is 0 Å². The zero-order chi connectivity index (χ0) is 33.5. The van der Waals surface area contributed by atoms with Crippen LogP contribution in [0.3, 0.4) is 0 Å². The van der Waals surface area contributed by atoms with Crippen LogP contribution in [0.25, 0.3) is 77.2 Å². The van der Waals surface area contributed by atoms with Gasteiger partial charge in [-0.3, -0.25) is 0 Å². The van der Waals surface area contributed by atoms with Gasteiger partial charge in [-0.05, 0) is 104 Å². The highest BCUT2D eigenvalue weighted by Gasteiger charge is 2.53. The first-order valence-corrected chi connectivity index (χ1v) is 19.9. The van der Waals surface area contributed by atoms with Crippen LogP contribution in [0.4, 0.5) is 0 Å². The van der Waals surface area contributed by atoms with E-state index in [0.717, 1.165) is 0 Å². The molecule has 0 saturated carbocycles. The Balaban J connectivity index is 1.21. The Kier molecular flexibility index (Phi) is 6.08. The molecule has 0 aromatic heterocycles. The third-order valence-corrected chi connectivity index (χ3v) is 16.4. The van der Waals surface area contributed by atoms with E-state index in [4.69, 9.17) is 0 Å². The first-order valence-electron chi connectivity index (χ1n) is 17.9. The predicted molar refractivity (Wildman–Crippen MR) is 219 cm³/mol. The van der Waals surface area contributed by atoms with Crippen molar-refractivity contribution in [2.24, 2.45) is 0 Å². The van der Waals surface area contributed by atoms with E-state index in [2.05, 4.69) is 194 Å². The summed E-state index contributed by atoms with van der Waals surface area (Å²) in [6, 6.07) is 72.9. The smallest absolute Gasteiger partial charge is 0.0623 e. The van der Waals surface area contributed by atoms with Crippen molar-refractivity contribution in [2.75, 3.05) is 0 Å². The minimum absolute atomic E-state index is 1.23. The molecule has 51 heavy (non-hydrogen) atoms. The maximum Gasteiger partial charge on any atom is 0.182 e. The molecule has 236 valence electrons. The highest BCUT2D eigenvalue weighted by molar-refractivity contribution is 7.24. The zero-order valence-electron chi connectivity index (χ0n) is 28.0. The molecule has 2 heterocycles. The number of fused-ring (bicyclic) bond motifs is 12. The van der Waals surface area contributed by atoms with Gasteiger partial charge in [-0.2, -0.15) is 0 Å². The van der Waals surface area contributed by atoms with Gasteiger partial charge in [0, 0.05) is 0 Å². The van der Waals surface area contributed by atoms with Gasteiger partial charge < -0.3 is 0 Å². The predicted octanol–water partition coefficient (Wildman–Crippen LogP) is 10.3. The van der Waals surface area contributed by atoms with Crippen LogP contribution in [-0.2, 0) is 0 Å². The molecule has 1 heteroatoms. The second-order valence-electron chi connectivity index (χ2n) is 13.9. The molecule has 0 atom stereocenters. The Morgan fingerprint density at radius 2 is 0.627 bits per heavy atom. The summed E-state index contributed by atoms with van der Waals surface area (Å²) in [5, 5.41) is 11.2. The Hall–Kier alpha value is -6.28. The Morgan fingerprint density at radius 3 is 1.16 bits per heavy atom.